The molecule has 7 nitrogen and oxygen atoms in total. The summed E-state index contributed by atoms with van der Waals surface area (Å²) in [5.41, 5.74) is 0.742. The van der Waals surface area contributed by atoms with Gasteiger partial charge in [-0.05, 0) is 24.1 Å². The summed E-state index contributed by atoms with van der Waals surface area (Å²) < 4.78 is 0. The molecule has 1 aromatic rings. The number of amides is 3. The summed E-state index contributed by atoms with van der Waals surface area (Å²) in [4.78, 5) is 36.2. The molecule has 3 amide bonds. The van der Waals surface area contributed by atoms with Gasteiger partial charge in [-0.15, -0.1) is 0 Å². The number of nitrogens with one attached hydrogen (secondary N) is 2. The molecule has 0 saturated heterocycles. The minimum Gasteiger partial charge on any atom is -0.480 e. The van der Waals surface area contributed by atoms with Gasteiger partial charge >= 0.3 is 12.0 Å². The van der Waals surface area contributed by atoms with Crippen LogP contribution in [0.3, 0.4) is 0 Å². The second-order valence-corrected chi connectivity index (χ2v) is 5.44. The molecule has 1 aromatic carbocycles. The molecule has 1 rings (SSSR count). The first-order chi connectivity index (χ1) is 10.2. The Morgan fingerprint density at radius 2 is 1.82 bits per heavy atom. The number of benzene rings is 1. The van der Waals surface area contributed by atoms with Crippen LogP contribution in [0.2, 0.25) is 0 Å². The summed E-state index contributed by atoms with van der Waals surface area (Å²) in [6, 6.07) is 5.03. The van der Waals surface area contributed by atoms with Gasteiger partial charge in [0.15, 0.2) is 0 Å². The summed E-state index contributed by atoms with van der Waals surface area (Å²) in [7, 11) is 3.21. The quantitative estimate of drug-likeness (QED) is 0.769. The smallest absolute Gasteiger partial charge is 0.326 e. The van der Waals surface area contributed by atoms with Crippen molar-refractivity contribution in [3.05, 3.63) is 29.8 Å². The molecule has 0 aliphatic carbocycles. The van der Waals surface area contributed by atoms with E-state index >= 15 is 0 Å². The van der Waals surface area contributed by atoms with Crippen molar-refractivity contribution in [1.82, 2.24) is 10.2 Å². The van der Waals surface area contributed by atoms with E-state index in [4.69, 9.17) is 5.11 Å². The van der Waals surface area contributed by atoms with E-state index in [1.54, 1.807) is 46.1 Å². The van der Waals surface area contributed by atoms with Crippen LogP contribution in [0.1, 0.15) is 24.2 Å². The molecule has 0 radical (unpaired) electrons. The van der Waals surface area contributed by atoms with Crippen LogP contribution in [0, 0.1) is 5.92 Å². The molecule has 3 N–H and O–H groups in total. The Kier molecular flexibility index (Phi) is 5.91. The van der Waals surface area contributed by atoms with Gasteiger partial charge in [0, 0.05) is 25.3 Å². The van der Waals surface area contributed by atoms with Gasteiger partial charge in [0.25, 0.3) is 5.91 Å². The Bertz CT molecular complexity index is 570. The van der Waals surface area contributed by atoms with Crippen LogP contribution in [0.25, 0.3) is 0 Å². The van der Waals surface area contributed by atoms with E-state index in [2.05, 4.69) is 10.6 Å². The number of rotatable bonds is 5. The number of carboxylic acids is 1. The Morgan fingerprint density at radius 1 is 1.18 bits per heavy atom. The van der Waals surface area contributed by atoms with Gasteiger partial charge in [0.2, 0.25) is 0 Å². The lowest BCUT2D eigenvalue weighted by molar-refractivity contribution is -0.140. The van der Waals surface area contributed by atoms with Gasteiger partial charge in [-0.1, -0.05) is 19.9 Å². The van der Waals surface area contributed by atoms with Gasteiger partial charge in [-0.2, -0.15) is 0 Å². The molecule has 22 heavy (non-hydrogen) atoms. The van der Waals surface area contributed by atoms with E-state index in [0.717, 1.165) is 0 Å². The molecule has 0 unspecified atom stereocenters. The van der Waals surface area contributed by atoms with Crippen LogP contribution in [0.15, 0.2) is 24.3 Å². The van der Waals surface area contributed by atoms with Crippen LogP contribution in [0.5, 0.6) is 0 Å². The zero-order chi connectivity index (χ0) is 16.9. The molecule has 0 heterocycles. The van der Waals surface area contributed by atoms with Gasteiger partial charge < -0.3 is 20.6 Å². The fourth-order valence-electron chi connectivity index (χ4n) is 1.71. The third kappa shape index (κ3) is 4.76. The van der Waals surface area contributed by atoms with E-state index in [9.17, 15) is 14.4 Å². The predicted molar refractivity (Wildman–Crippen MR) is 82.9 cm³/mol. The maximum atomic E-state index is 12.1. The summed E-state index contributed by atoms with van der Waals surface area (Å²) in [6.45, 7) is 3.43. The molecule has 0 aliphatic heterocycles. The largest absolute Gasteiger partial charge is 0.480 e. The van der Waals surface area contributed by atoms with Crippen LogP contribution in [-0.4, -0.2) is 48.1 Å². The van der Waals surface area contributed by atoms with Crippen molar-refractivity contribution in [1.29, 1.82) is 0 Å². The molecule has 0 spiro atoms. The first kappa shape index (κ1) is 17.5. The van der Waals surface area contributed by atoms with Crippen molar-refractivity contribution in [2.24, 2.45) is 5.92 Å². The minimum absolute atomic E-state index is 0.238. The van der Waals surface area contributed by atoms with E-state index in [-0.39, 0.29) is 17.5 Å². The topological polar surface area (TPSA) is 98.7 Å². The Labute approximate surface area is 129 Å². The highest BCUT2D eigenvalue weighted by atomic mass is 16.4. The molecule has 0 fully saturated rings. The number of urea groups is 1. The Hall–Kier alpha value is -2.57. The number of aliphatic carboxylic acids is 1. The summed E-state index contributed by atoms with van der Waals surface area (Å²) >= 11 is 0. The average Bonchev–Trinajstić information content (AvgIpc) is 2.43. The van der Waals surface area contributed by atoms with Crippen molar-refractivity contribution in [2.45, 2.75) is 19.9 Å². The van der Waals surface area contributed by atoms with Gasteiger partial charge in [0.05, 0.1) is 0 Å². The second-order valence-electron chi connectivity index (χ2n) is 5.44. The maximum absolute atomic E-state index is 12.1. The molecular weight excluding hydrogens is 286 g/mol. The van der Waals surface area contributed by atoms with Crippen molar-refractivity contribution >= 4 is 23.6 Å². The summed E-state index contributed by atoms with van der Waals surface area (Å²) in [6.07, 6.45) is 0. The average molecular weight is 307 g/mol. The fourth-order valence-corrected chi connectivity index (χ4v) is 1.71. The van der Waals surface area contributed by atoms with Crippen molar-refractivity contribution in [2.75, 3.05) is 19.4 Å². The van der Waals surface area contributed by atoms with Gasteiger partial charge in [0.1, 0.15) is 6.04 Å². The number of hydrogen-bond acceptors (Lipinski definition) is 3. The highest BCUT2D eigenvalue weighted by Crippen LogP contribution is 2.12. The Morgan fingerprint density at radius 3 is 2.32 bits per heavy atom. The van der Waals surface area contributed by atoms with Crippen LogP contribution < -0.4 is 10.6 Å². The number of carbonyl (C=O) groups excluding carboxylic acids is 2. The van der Waals surface area contributed by atoms with Crippen LogP contribution in [0.4, 0.5) is 10.5 Å². The van der Waals surface area contributed by atoms with E-state index < -0.39 is 17.9 Å². The predicted octanol–water partition coefficient (Wildman–Crippen LogP) is 1.62. The maximum Gasteiger partial charge on any atom is 0.326 e. The number of anilines is 1. The number of carbonyl (C=O) groups is 3. The molecule has 1 atom stereocenters. The highest BCUT2D eigenvalue weighted by Gasteiger charge is 2.24. The SMILES string of the molecule is CC(C)[C@@H](NC(=O)c1cccc(NC(=O)N(C)C)c1)C(=O)O. The minimum atomic E-state index is -1.08. The van der Waals surface area contributed by atoms with E-state index in [1.807, 2.05) is 0 Å². The lowest BCUT2D eigenvalue weighted by atomic mass is 10.0. The monoisotopic (exact) mass is 307 g/mol. The number of carboxylic acid groups (broad SMARTS) is 1. The molecule has 0 aliphatic rings. The zero-order valence-electron chi connectivity index (χ0n) is 13.1. The lowest BCUT2D eigenvalue weighted by Crippen LogP contribution is -2.44. The third-order valence-electron chi connectivity index (χ3n) is 3.00. The Balaban J connectivity index is 2.86. The first-order valence-electron chi connectivity index (χ1n) is 6.84. The van der Waals surface area contributed by atoms with Crippen LogP contribution in [-0.2, 0) is 4.79 Å². The van der Waals surface area contributed by atoms with Crippen molar-refractivity contribution in [3.8, 4) is 0 Å². The standard InChI is InChI=1S/C15H21N3O4/c1-9(2)12(14(20)21)17-13(19)10-6-5-7-11(8-10)16-15(22)18(3)4/h5-9,12H,1-4H3,(H,16,22)(H,17,19)(H,20,21)/t12-/m1/s1. The summed E-state index contributed by atoms with van der Waals surface area (Å²) in [5, 5.41) is 14.2. The number of nitrogens with zero attached hydrogens (tertiary/aromatic N) is 1. The van der Waals surface area contributed by atoms with Crippen molar-refractivity contribution < 1.29 is 19.5 Å². The molecule has 0 bridgehead atoms. The van der Waals surface area contributed by atoms with Gasteiger partial charge in [-0.25, -0.2) is 9.59 Å². The second kappa shape index (κ2) is 7.44. The summed E-state index contributed by atoms with van der Waals surface area (Å²) in [5.74, 6) is -1.82. The van der Waals surface area contributed by atoms with E-state index in [1.165, 1.54) is 11.0 Å². The number of hydrogen-bond donors (Lipinski definition) is 3. The molecule has 7 heteroatoms. The first-order valence-corrected chi connectivity index (χ1v) is 6.84. The van der Waals surface area contributed by atoms with Gasteiger partial charge in [-0.3, -0.25) is 4.79 Å². The molecule has 120 valence electrons. The third-order valence-corrected chi connectivity index (χ3v) is 3.00. The molecule has 0 saturated carbocycles. The van der Waals surface area contributed by atoms with Crippen molar-refractivity contribution in [3.63, 3.8) is 0 Å². The van der Waals surface area contributed by atoms with Crippen LogP contribution >= 0.6 is 0 Å². The normalized spacial score (nSPS) is 11.7. The van der Waals surface area contributed by atoms with E-state index in [0.29, 0.717) is 5.69 Å². The molecular formula is C15H21N3O4. The lowest BCUT2D eigenvalue weighted by Gasteiger charge is -2.18. The zero-order valence-corrected chi connectivity index (χ0v) is 13.1. The highest BCUT2D eigenvalue weighted by molar-refractivity contribution is 5.98. The molecule has 0 aromatic heterocycles. The fraction of sp³-hybridized carbons (Fsp3) is 0.400.